The number of carbonyl (C=O) groups is 1. The molecule has 1 aromatic rings. The van der Waals surface area contributed by atoms with Crippen molar-refractivity contribution in [2.75, 3.05) is 27.2 Å². The lowest BCUT2D eigenvalue weighted by Gasteiger charge is -2.27. The number of nitrogens with one attached hydrogen (secondary N) is 1. The van der Waals surface area contributed by atoms with E-state index in [1.54, 1.807) is 18.4 Å². The molecule has 0 radical (unpaired) electrons. The van der Waals surface area contributed by atoms with E-state index in [-0.39, 0.29) is 0 Å². The predicted molar refractivity (Wildman–Crippen MR) is 73.7 cm³/mol. The lowest BCUT2D eigenvalue weighted by molar-refractivity contribution is 0.0336. The average Bonchev–Trinajstić information content (AvgIpc) is 2.63. The van der Waals surface area contributed by atoms with Gasteiger partial charge < -0.3 is 21.1 Å². The Labute approximate surface area is 112 Å². The number of hydrogen-bond acceptors (Lipinski definition) is 5. The molecule has 18 heavy (non-hydrogen) atoms. The number of aliphatic hydroxyl groups is 1. The minimum atomic E-state index is -0.771. The SMILES string of the molecule is CN(C)CC(C)(O)CNCc1cc(C(N)=O)cs1. The zero-order chi connectivity index (χ0) is 13.8. The largest absolute Gasteiger partial charge is 0.388 e. The molecule has 0 aromatic carbocycles. The first-order valence-electron chi connectivity index (χ1n) is 5.75. The van der Waals surface area contributed by atoms with Gasteiger partial charge in [0.15, 0.2) is 0 Å². The molecule has 0 saturated heterocycles. The van der Waals surface area contributed by atoms with Gasteiger partial charge in [-0.25, -0.2) is 0 Å². The molecular formula is C12H21N3O2S. The quantitative estimate of drug-likeness (QED) is 0.664. The Morgan fingerprint density at radius 3 is 2.78 bits per heavy atom. The molecule has 1 aromatic heterocycles. The fourth-order valence-corrected chi connectivity index (χ4v) is 2.64. The van der Waals surface area contributed by atoms with E-state index in [2.05, 4.69) is 5.32 Å². The highest BCUT2D eigenvalue weighted by molar-refractivity contribution is 7.10. The van der Waals surface area contributed by atoms with Crippen molar-refractivity contribution in [3.63, 3.8) is 0 Å². The van der Waals surface area contributed by atoms with Gasteiger partial charge in [0.05, 0.1) is 11.2 Å². The number of nitrogens with two attached hydrogens (primary N) is 1. The molecule has 1 atom stereocenters. The van der Waals surface area contributed by atoms with E-state index in [0.29, 0.717) is 25.2 Å². The zero-order valence-corrected chi connectivity index (χ0v) is 11.9. The molecule has 1 rings (SSSR count). The molecular weight excluding hydrogens is 250 g/mol. The van der Waals surface area contributed by atoms with E-state index in [0.717, 1.165) is 4.88 Å². The normalized spacial score (nSPS) is 14.7. The fourth-order valence-electron chi connectivity index (χ4n) is 1.79. The van der Waals surface area contributed by atoms with Crippen LogP contribution in [-0.2, 0) is 6.54 Å². The van der Waals surface area contributed by atoms with Crippen LogP contribution in [0, 0.1) is 0 Å². The number of amides is 1. The molecule has 6 heteroatoms. The minimum absolute atomic E-state index is 0.405. The number of primary amides is 1. The monoisotopic (exact) mass is 271 g/mol. The number of nitrogens with zero attached hydrogens (tertiary/aromatic N) is 1. The smallest absolute Gasteiger partial charge is 0.249 e. The first-order chi connectivity index (χ1) is 8.30. The lowest BCUT2D eigenvalue weighted by atomic mass is 10.1. The van der Waals surface area contributed by atoms with Gasteiger partial charge in [-0.2, -0.15) is 0 Å². The summed E-state index contributed by atoms with van der Waals surface area (Å²) in [5.74, 6) is -0.405. The van der Waals surface area contributed by atoms with Crippen LogP contribution < -0.4 is 11.1 Å². The highest BCUT2D eigenvalue weighted by Gasteiger charge is 2.20. The molecule has 0 bridgehead atoms. The summed E-state index contributed by atoms with van der Waals surface area (Å²) in [6.07, 6.45) is 0. The molecule has 0 aliphatic carbocycles. The van der Waals surface area contributed by atoms with Gasteiger partial charge in [0, 0.05) is 29.9 Å². The maximum atomic E-state index is 10.9. The summed E-state index contributed by atoms with van der Waals surface area (Å²) >= 11 is 1.49. The molecule has 102 valence electrons. The third-order valence-electron chi connectivity index (χ3n) is 2.40. The molecule has 0 saturated carbocycles. The number of thiophene rings is 1. The summed E-state index contributed by atoms with van der Waals surface area (Å²) in [5.41, 5.74) is 4.95. The van der Waals surface area contributed by atoms with Gasteiger partial charge in [-0.05, 0) is 27.1 Å². The van der Waals surface area contributed by atoms with E-state index in [1.165, 1.54) is 11.3 Å². The molecule has 1 heterocycles. The highest BCUT2D eigenvalue weighted by atomic mass is 32.1. The molecule has 4 N–H and O–H groups in total. The Balaban J connectivity index is 2.39. The number of likely N-dealkylation sites (N-methyl/N-ethyl adjacent to an activating group) is 1. The van der Waals surface area contributed by atoms with Crippen molar-refractivity contribution in [3.8, 4) is 0 Å². The van der Waals surface area contributed by atoms with Gasteiger partial charge in [0.1, 0.15) is 0 Å². The van der Waals surface area contributed by atoms with Gasteiger partial charge in [-0.3, -0.25) is 4.79 Å². The van der Waals surface area contributed by atoms with Crippen LogP contribution in [0.3, 0.4) is 0 Å². The number of rotatable bonds is 7. The molecule has 0 spiro atoms. The Kier molecular flexibility index (Phi) is 5.28. The summed E-state index contributed by atoms with van der Waals surface area (Å²) in [7, 11) is 3.85. The van der Waals surface area contributed by atoms with Crippen molar-refractivity contribution < 1.29 is 9.90 Å². The standard InChI is InChI=1S/C12H21N3O2S/c1-12(17,8-15(2)3)7-14-5-10-4-9(6-18-10)11(13)16/h4,6,14,17H,5,7-8H2,1-3H3,(H2,13,16). The van der Waals surface area contributed by atoms with E-state index in [1.807, 2.05) is 19.0 Å². The number of hydrogen-bond donors (Lipinski definition) is 3. The lowest BCUT2D eigenvalue weighted by Crippen LogP contribution is -2.45. The second kappa shape index (κ2) is 6.29. The van der Waals surface area contributed by atoms with Crippen LogP contribution in [0.25, 0.3) is 0 Å². The van der Waals surface area contributed by atoms with E-state index < -0.39 is 11.5 Å². The van der Waals surface area contributed by atoms with Crippen molar-refractivity contribution in [2.45, 2.75) is 19.1 Å². The molecule has 1 amide bonds. The average molecular weight is 271 g/mol. The maximum Gasteiger partial charge on any atom is 0.249 e. The predicted octanol–water partition coefficient (Wildman–Crippen LogP) is 0.249. The summed E-state index contributed by atoms with van der Waals surface area (Å²) in [4.78, 5) is 13.9. The summed E-state index contributed by atoms with van der Waals surface area (Å²) in [6.45, 7) is 3.51. The van der Waals surface area contributed by atoms with Crippen LogP contribution in [0.5, 0.6) is 0 Å². The second-order valence-corrected chi connectivity index (χ2v) is 6.00. The summed E-state index contributed by atoms with van der Waals surface area (Å²) in [5, 5.41) is 15.0. The van der Waals surface area contributed by atoms with Crippen LogP contribution in [0.15, 0.2) is 11.4 Å². The molecule has 0 aliphatic rings. The van der Waals surface area contributed by atoms with Crippen molar-refractivity contribution >= 4 is 17.2 Å². The van der Waals surface area contributed by atoms with E-state index in [4.69, 9.17) is 5.73 Å². The van der Waals surface area contributed by atoms with Crippen LogP contribution in [-0.4, -0.2) is 48.7 Å². The van der Waals surface area contributed by atoms with Crippen molar-refractivity contribution in [3.05, 3.63) is 21.9 Å². The second-order valence-electron chi connectivity index (χ2n) is 5.00. The third-order valence-corrected chi connectivity index (χ3v) is 3.34. The van der Waals surface area contributed by atoms with E-state index in [9.17, 15) is 9.90 Å². The van der Waals surface area contributed by atoms with Gasteiger partial charge >= 0.3 is 0 Å². The van der Waals surface area contributed by atoms with Crippen molar-refractivity contribution in [1.29, 1.82) is 0 Å². The Morgan fingerprint density at radius 1 is 1.61 bits per heavy atom. The molecule has 1 unspecified atom stereocenters. The van der Waals surface area contributed by atoms with Gasteiger partial charge in [-0.15, -0.1) is 11.3 Å². The summed E-state index contributed by atoms with van der Waals surface area (Å²) < 4.78 is 0. The Bertz CT molecular complexity index is 402. The van der Waals surface area contributed by atoms with Gasteiger partial charge in [0.2, 0.25) is 5.91 Å². The van der Waals surface area contributed by atoms with E-state index >= 15 is 0 Å². The van der Waals surface area contributed by atoms with Gasteiger partial charge in [-0.1, -0.05) is 0 Å². The van der Waals surface area contributed by atoms with Gasteiger partial charge in [0.25, 0.3) is 0 Å². The molecule has 0 fully saturated rings. The Hall–Kier alpha value is -0.950. The first-order valence-corrected chi connectivity index (χ1v) is 6.63. The Morgan fingerprint density at radius 2 is 2.28 bits per heavy atom. The summed E-state index contributed by atoms with van der Waals surface area (Å²) in [6, 6.07) is 1.78. The van der Waals surface area contributed by atoms with Crippen LogP contribution in [0.2, 0.25) is 0 Å². The van der Waals surface area contributed by atoms with Crippen LogP contribution in [0.1, 0.15) is 22.2 Å². The third kappa shape index (κ3) is 5.14. The molecule has 0 aliphatic heterocycles. The van der Waals surface area contributed by atoms with Crippen LogP contribution in [0.4, 0.5) is 0 Å². The van der Waals surface area contributed by atoms with Crippen LogP contribution >= 0.6 is 11.3 Å². The number of carbonyl (C=O) groups excluding carboxylic acids is 1. The van der Waals surface area contributed by atoms with Crippen molar-refractivity contribution in [1.82, 2.24) is 10.2 Å². The molecule has 5 nitrogen and oxygen atoms in total. The topological polar surface area (TPSA) is 78.6 Å². The van der Waals surface area contributed by atoms with Crippen molar-refractivity contribution in [2.24, 2.45) is 5.73 Å². The zero-order valence-electron chi connectivity index (χ0n) is 11.1. The fraction of sp³-hybridized carbons (Fsp3) is 0.583. The maximum absolute atomic E-state index is 10.9. The minimum Gasteiger partial charge on any atom is -0.388 e. The highest BCUT2D eigenvalue weighted by Crippen LogP contribution is 2.14. The first kappa shape index (κ1) is 15.1.